The highest BCUT2D eigenvalue weighted by Gasteiger charge is 2.53. The van der Waals surface area contributed by atoms with Gasteiger partial charge in [-0.25, -0.2) is 4.79 Å². The van der Waals surface area contributed by atoms with Crippen LogP contribution in [0.25, 0.3) is 0 Å². The van der Waals surface area contributed by atoms with E-state index in [-0.39, 0.29) is 6.42 Å². The van der Waals surface area contributed by atoms with Gasteiger partial charge in [0.25, 0.3) is 0 Å². The summed E-state index contributed by atoms with van der Waals surface area (Å²) in [5, 5.41) is 9.38. The van der Waals surface area contributed by atoms with Crippen LogP contribution in [0.1, 0.15) is 34.1 Å². The summed E-state index contributed by atoms with van der Waals surface area (Å²) >= 11 is 0. The van der Waals surface area contributed by atoms with Gasteiger partial charge < -0.3 is 14.7 Å². The van der Waals surface area contributed by atoms with Gasteiger partial charge in [-0.05, 0) is 20.3 Å². The number of Topliss-reactive ketones (excluding diaryl/α,β-unsaturated/α-hetero) is 1. The molecule has 0 aliphatic rings. The maximum absolute atomic E-state index is 14.1. The number of amides is 1. The van der Waals surface area contributed by atoms with Gasteiger partial charge in [-0.2, -0.15) is 8.78 Å². The molecule has 138 valence electrons. The lowest BCUT2D eigenvalue weighted by molar-refractivity contribution is -0.170. The van der Waals surface area contributed by atoms with E-state index in [1.807, 2.05) is 0 Å². The Hall–Kier alpha value is -1.76. The molecule has 0 spiro atoms. The van der Waals surface area contributed by atoms with Crippen LogP contribution < -0.4 is 0 Å². The summed E-state index contributed by atoms with van der Waals surface area (Å²) in [6, 6.07) is 0. The highest BCUT2D eigenvalue weighted by atomic mass is 19.3. The van der Waals surface area contributed by atoms with Gasteiger partial charge in [0.05, 0.1) is 0 Å². The summed E-state index contributed by atoms with van der Waals surface area (Å²) in [6.07, 6.45) is -2.78. The fourth-order valence-corrected chi connectivity index (χ4v) is 2.17. The van der Waals surface area contributed by atoms with Gasteiger partial charge in [0.1, 0.15) is 6.10 Å². The maximum Gasteiger partial charge on any atom is 0.410 e. The molecule has 0 heterocycles. The lowest BCUT2D eigenvalue weighted by Crippen LogP contribution is -2.53. The minimum absolute atomic E-state index is 0.162. The van der Waals surface area contributed by atoms with Crippen molar-refractivity contribution in [1.29, 1.82) is 0 Å². The Labute approximate surface area is 142 Å². The lowest BCUT2D eigenvalue weighted by atomic mass is 9.79. The Bertz CT molecular complexity index is 473. The zero-order chi connectivity index (χ0) is 19.1. The molecule has 0 aromatic heterocycles. The summed E-state index contributed by atoms with van der Waals surface area (Å²) in [4.78, 5) is 25.7. The molecule has 1 amide bonds. The summed E-state index contributed by atoms with van der Waals surface area (Å²) < 4.78 is 33.4. The first kappa shape index (κ1) is 22.2. The van der Waals surface area contributed by atoms with Crippen LogP contribution >= 0.6 is 0 Å². The van der Waals surface area contributed by atoms with E-state index in [9.17, 15) is 23.5 Å². The van der Waals surface area contributed by atoms with Gasteiger partial charge in [-0.15, -0.1) is 13.2 Å². The van der Waals surface area contributed by atoms with E-state index < -0.39 is 35.4 Å². The Kier molecular flexibility index (Phi) is 8.26. The third kappa shape index (κ3) is 5.12. The number of hydrogen-bond donors (Lipinski definition) is 1. The van der Waals surface area contributed by atoms with Crippen molar-refractivity contribution in [2.75, 3.05) is 13.1 Å². The number of carbonyl (C=O) groups excluding carboxylic acids is 2. The topological polar surface area (TPSA) is 66.8 Å². The average Bonchev–Trinajstić information content (AvgIpc) is 2.51. The second-order valence-electron chi connectivity index (χ2n) is 6.09. The number of halogens is 2. The molecule has 0 saturated carbocycles. The number of carbonyl (C=O) groups is 2. The summed E-state index contributed by atoms with van der Waals surface area (Å²) in [6.45, 7) is 13.7. The van der Waals surface area contributed by atoms with Crippen molar-refractivity contribution in [2.24, 2.45) is 5.41 Å². The van der Waals surface area contributed by atoms with E-state index in [2.05, 4.69) is 13.2 Å². The number of ketones is 1. The van der Waals surface area contributed by atoms with Crippen LogP contribution in [-0.2, 0) is 9.53 Å². The normalized spacial score (nSPS) is 14.5. The number of nitrogens with zero attached hydrogens (tertiary/aromatic N) is 1. The predicted octanol–water partition coefficient (Wildman–Crippen LogP) is 3.19. The Balaban J connectivity index is 5.73. The number of rotatable bonds is 10. The number of aliphatic hydroxyl groups excluding tert-OH is 1. The molecule has 0 aromatic rings. The highest BCUT2D eigenvalue weighted by molar-refractivity contribution is 5.92. The molecule has 0 saturated heterocycles. The smallest absolute Gasteiger partial charge is 0.410 e. The first-order valence-electron chi connectivity index (χ1n) is 7.78. The van der Waals surface area contributed by atoms with E-state index in [1.165, 1.54) is 24.8 Å². The van der Waals surface area contributed by atoms with E-state index in [0.29, 0.717) is 19.2 Å². The fraction of sp³-hybridized carbons (Fsp3) is 0.647. The zero-order valence-electron chi connectivity index (χ0n) is 14.7. The van der Waals surface area contributed by atoms with Gasteiger partial charge in [0.15, 0.2) is 6.10 Å². The zero-order valence-corrected chi connectivity index (χ0v) is 14.7. The quantitative estimate of drug-likeness (QED) is 0.616. The summed E-state index contributed by atoms with van der Waals surface area (Å²) in [7, 11) is 0. The molecule has 1 N–H and O–H groups in total. The molecular formula is C17H27F2NO4. The molecule has 0 unspecified atom stereocenters. The Morgan fingerprint density at radius 3 is 2.12 bits per heavy atom. The standard InChI is InChI=1S/C17H27F2NO4/c1-7-11-16(5,6)14(24-15(23)20(9-3)10-4)13(22)17(18,19)12(21)8-2/h7-8,12,14,21H,1-2,9-11H2,3-6H3/t12-,14-/m1/s1. The lowest BCUT2D eigenvalue weighted by Gasteiger charge is -2.35. The van der Waals surface area contributed by atoms with Gasteiger partial charge in [-0.1, -0.05) is 26.0 Å². The summed E-state index contributed by atoms with van der Waals surface area (Å²) in [5.74, 6) is -5.78. The minimum Gasteiger partial charge on any atom is -0.437 e. The van der Waals surface area contributed by atoms with Gasteiger partial charge >= 0.3 is 12.0 Å². The molecule has 0 aliphatic heterocycles. The van der Waals surface area contributed by atoms with Crippen molar-refractivity contribution in [3.8, 4) is 0 Å². The molecule has 2 atom stereocenters. The Morgan fingerprint density at radius 1 is 1.25 bits per heavy atom. The number of ether oxygens (including phenoxy) is 1. The van der Waals surface area contributed by atoms with Crippen LogP contribution in [0.15, 0.2) is 25.3 Å². The molecule has 0 fully saturated rings. The fourth-order valence-electron chi connectivity index (χ4n) is 2.17. The molecule has 0 bridgehead atoms. The van der Waals surface area contributed by atoms with Crippen LogP contribution in [0.3, 0.4) is 0 Å². The third-order valence-electron chi connectivity index (χ3n) is 3.78. The SMILES string of the molecule is C=CCC(C)(C)[C@H](OC(=O)N(CC)CC)C(=O)C(F)(F)[C@H](O)C=C. The van der Waals surface area contributed by atoms with Crippen molar-refractivity contribution in [2.45, 2.75) is 52.2 Å². The van der Waals surface area contributed by atoms with E-state index in [4.69, 9.17) is 4.74 Å². The van der Waals surface area contributed by atoms with Crippen molar-refractivity contribution < 1.29 is 28.2 Å². The number of aliphatic hydroxyl groups is 1. The molecule has 7 heteroatoms. The average molecular weight is 347 g/mol. The first-order valence-corrected chi connectivity index (χ1v) is 7.78. The molecule has 0 rings (SSSR count). The molecule has 24 heavy (non-hydrogen) atoms. The van der Waals surface area contributed by atoms with Crippen LogP contribution in [0.5, 0.6) is 0 Å². The maximum atomic E-state index is 14.1. The third-order valence-corrected chi connectivity index (χ3v) is 3.78. The molecule has 0 aromatic carbocycles. The van der Waals surface area contributed by atoms with Crippen molar-refractivity contribution in [3.63, 3.8) is 0 Å². The monoisotopic (exact) mass is 347 g/mol. The van der Waals surface area contributed by atoms with E-state index in [0.717, 1.165) is 0 Å². The van der Waals surface area contributed by atoms with Crippen LogP contribution in [0.4, 0.5) is 13.6 Å². The molecule has 5 nitrogen and oxygen atoms in total. The van der Waals surface area contributed by atoms with Gasteiger partial charge in [0.2, 0.25) is 5.78 Å². The molecule has 0 radical (unpaired) electrons. The number of allylic oxidation sites excluding steroid dienone is 1. The van der Waals surface area contributed by atoms with E-state index >= 15 is 0 Å². The number of alkyl halides is 2. The molecular weight excluding hydrogens is 320 g/mol. The first-order chi connectivity index (χ1) is 11.0. The van der Waals surface area contributed by atoms with Crippen LogP contribution in [-0.4, -0.2) is 53.1 Å². The predicted molar refractivity (Wildman–Crippen MR) is 87.9 cm³/mol. The van der Waals surface area contributed by atoms with Crippen LogP contribution in [0.2, 0.25) is 0 Å². The summed E-state index contributed by atoms with van der Waals surface area (Å²) in [5.41, 5.74) is -1.12. The van der Waals surface area contributed by atoms with Gasteiger partial charge in [-0.3, -0.25) is 4.79 Å². The van der Waals surface area contributed by atoms with Crippen molar-refractivity contribution >= 4 is 11.9 Å². The van der Waals surface area contributed by atoms with Crippen molar-refractivity contribution in [1.82, 2.24) is 4.90 Å². The van der Waals surface area contributed by atoms with Crippen LogP contribution in [0, 0.1) is 5.41 Å². The largest absolute Gasteiger partial charge is 0.437 e. The van der Waals surface area contributed by atoms with E-state index in [1.54, 1.807) is 13.8 Å². The second kappa shape index (κ2) is 8.92. The Morgan fingerprint density at radius 2 is 1.75 bits per heavy atom. The second-order valence-corrected chi connectivity index (χ2v) is 6.09. The number of hydrogen-bond acceptors (Lipinski definition) is 4. The van der Waals surface area contributed by atoms with Gasteiger partial charge in [0, 0.05) is 18.5 Å². The minimum atomic E-state index is -4.12. The van der Waals surface area contributed by atoms with Crippen molar-refractivity contribution in [3.05, 3.63) is 25.3 Å². The molecule has 0 aliphatic carbocycles. The highest BCUT2D eigenvalue weighted by Crippen LogP contribution is 2.35.